The second-order valence-electron chi connectivity index (χ2n) is 5.40. The first-order valence-electron chi connectivity index (χ1n) is 7.77. The number of hydrogen-bond donors (Lipinski definition) is 0. The summed E-state index contributed by atoms with van der Waals surface area (Å²) in [7, 11) is 4.74. The quantitative estimate of drug-likeness (QED) is 0.566. The van der Waals surface area contributed by atoms with Crippen LogP contribution in [-0.4, -0.2) is 27.3 Å². The predicted octanol–water partition coefficient (Wildman–Crippen LogP) is 3.78. The Bertz CT molecular complexity index is 742. The van der Waals surface area contributed by atoms with E-state index in [9.17, 15) is 4.79 Å². The molecule has 132 valence electrons. The van der Waals surface area contributed by atoms with Gasteiger partial charge < -0.3 is 18.9 Å². The summed E-state index contributed by atoms with van der Waals surface area (Å²) in [6.07, 6.45) is 3.03. The van der Waals surface area contributed by atoms with Crippen LogP contribution in [0.5, 0.6) is 17.2 Å². The average molecular weight is 342 g/mol. The van der Waals surface area contributed by atoms with Crippen LogP contribution in [0.1, 0.15) is 16.7 Å². The van der Waals surface area contributed by atoms with Gasteiger partial charge in [0.05, 0.1) is 21.3 Å². The molecule has 0 aromatic heterocycles. The Labute approximate surface area is 147 Å². The van der Waals surface area contributed by atoms with Crippen LogP contribution in [0, 0.1) is 6.92 Å². The zero-order valence-electron chi connectivity index (χ0n) is 14.9. The molecule has 0 atom stereocenters. The van der Waals surface area contributed by atoms with Crippen molar-refractivity contribution in [3.63, 3.8) is 0 Å². The van der Waals surface area contributed by atoms with Crippen molar-refractivity contribution in [1.29, 1.82) is 0 Å². The van der Waals surface area contributed by atoms with Crippen LogP contribution in [0.15, 0.2) is 42.5 Å². The Morgan fingerprint density at radius 2 is 1.64 bits per heavy atom. The number of carbonyl (C=O) groups is 1. The fraction of sp³-hybridized carbons (Fsp3) is 0.250. The van der Waals surface area contributed by atoms with Crippen molar-refractivity contribution in [2.75, 3.05) is 21.3 Å². The van der Waals surface area contributed by atoms with Crippen molar-refractivity contribution < 1.29 is 23.7 Å². The lowest BCUT2D eigenvalue weighted by Gasteiger charge is -2.09. The van der Waals surface area contributed by atoms with E-state index in [4.69, 9.17) is 18.9 Å². The Morgan fingerprint density at radius 3 is 2.24 bits per heavy atom. The van der Waals surface area contributed by atoms with Crippen molar-refractivity contribution in [2.45, 2.75) is 13.5 Å². The summed E-state index contributed by atoms with van der Waals surface area (Å²) in [5.41, 5.74) is 2.68. The summed E-state index contributed by atoms with van der Waals surface area (Å²) < 4.78 is 21.0. The largest absolute Gasteiger partial charge is 0.497 e. The van der Waals surface area contributed by atoms with E-state index in [-0.39, 0.29) is 6.61 Å². The van der Waals surface area contributed by atoms with Crippen molar-refractivity contribution in [2.24, 2.45) is 0 Å². The van der Waals surface area contributed by atoms with Crippen LogP contribution in [-0.2, 0) is 16.1 Å². The molecule has 0 bridgehead atoms. The molecule has 0 aliphatic carbocycles. The minimum atomic E-state index is -0.439. The number of benzene rings is 2. The SMILES string of the molecule is COc1cc(/C=C/C(=O)OCc2cc(C)ccc2OC)cc(OC)c1. The molecule has 0 saturated heterocycles. The number of methoxy groups -OCH3 is 3. The molecule has 0 amide bonds. The van der Waals surface area contributed by atoms with Gasteiger partial charge in [0.2, 0.25) is 0 Å². The number of rotatable bonds is 7. The normalized spacial score (nSPS) is 10.6. The third-order valence-corrected chi connectivity index (χ3v) is 3.59. The topological polar surface area (TPSA) is 54.0 Å². The molecule has 0 N–H and O–H groups in total. The van der Waals surface area contributed by atoms with Crippen molar-refractivity contribution in [3.8, 4) is 17.2 Å². The minimum absolute atomic E-state index is 0.148. The maximum Gasteiger partial charge on any atom is 0.331 e. The van der Waals surface area contributed by atoms with E-state index in [1.54, 1.807) is 45.6 Å². The van der Waals surface area contributed by atoms with Crippen molar-refractivity contribution in [3.05, 3.63) is 59.2 Å². The molecule has 0 radical (unpaired) electrons. The molecular weight excluding hydrogens is 320 g/mol. The van der Waals surface area contributed by atoms with E-state index >= 15 is 0 Å². The summed E-state index contributed by atoms with van der Waals surface area (Å²) in [6, 6.07) is 11.1. The van der Waals surface area contributed by atoms with Crippen molar-refractivity contribution in [1.82, 2.24) is 0 Å². The summed E-state index contributed by atoms with van der Waals surface area (Å²) in [4.78, 5) is 12.0. The highest BCUT2D eigenvalue weighted by atomic mass is 16.5. The molecule has 5 heteroatoms. The third kappa shape index (κ3) is 5.28. The summed E-state index contributed by atoms with van der Waals surface area (Å²) in [5, 5.41) is 0. The van der Waals surface area contributed by atoms with Gasteiger partial charge in [0, 0.05) is 17.7 Å². The van der Waals surface area contributed by atoms with Gasteiger partial charge >= 0.3 is 5.97 Å². The Morgan fingerprint density at radius 1 is 0.960 bits per heavy atom. The fourth-order valence-corrected chi connectivity index (χ4v) is 2.31. The van der Waals surface area contributed by atoms with Crippen LogP contribution in [0.3, 0.4) is 0 Å². The minimum Gasteiger partial charge on any atom is -0.497 e. The highest BCUT2D eigenvalue weighted by Gasteiger charge is 2.06. The second-order valence-corrected chi connectivity index (χ2v) is 5.40. The van der Waals surface area contributed by atoms with Crippen LogP contribution in [0.25, 0.3) is 6.08 Å². The monoisotopic (exact) mass is 342 g/mol. The molecule has 0 spiro atoms. The van der Waals surface area contributed by atoms with Gasteiger partial charge in [0.1, 0.15) is 23.9 Å². The Hall–Kier alpha value is -2.95. The first-order chi connectivity index (χ1) is 12.0. The van der Waals surface area contributed by atoms with E-state index in [0.717, 1.165) is 16.7 Å². The van der Waals surface area contributed by atoms with Gasteiger partial charge in [-0.25, -0.2) is 4.79 Å². The van der Waals surface area contributed by atoms with Gasteiger partial charge in [-0.05, 0) is 42.8 Å². The lowest BCUT2D eigenvalue weighted by molar-refractivity contribution is -0.138. The van der Waals surface area contributed by atoms with Crippen LogP contribution >= 0.6 is 0 Å². The standard InChI is InChI=1S/C20H22O5/c1-14-5-7-19(24-4)16(9-14)13-25-20(21)8-6-15-10-17(22-2)12-18(11-15)23-3/h5-12H,13H2,1-4H3/b8-6+. The third-order valence-electron chi connectivity index (χ3n) is 3.59. The number of esters is 1. The second kappa shape index (κ2) is 8.78. The molecular formula is C20H22O5. The van der Waals surface area contributed by atoms with E-state index in [0.29, 0.717) is 17.2 Å². The molecule has 0 heterocycles. The lowest BCUT2D eigenvalue weighted by Crippen LogP contribution is -2.02. The number of ether oxygens (including phenoxy) is 4. The first-order valence-corrected chi connectivity index (χ1v) is 7.77. The van der Waals surface area contributed by atoms with Gasteiger partial charge in [0.25, 0.3) is 0 Å². The van der Waals surface area contributed by atoms with Crippen LogP contribution in [0.2, 0.25) is 0 Å². The van der Waals surface area contributed by atoms with Gasteiger partial charge in [-0.2, -0.15) is 0 Å². The average Bonchev–Trinajstić information content (AvgIpc) is 2.64. The van der Waals surface area contributed by atoms with Crippen molar-refractivity contribution >= 4 is 12.0 Å². The summed E-state index contributed by atoms with van der Waals surface area (Å²) in [6.45, 7) is 2.12. The maximum atomic E-state index is 12.0. The molecule has 2 rings (SSSR count). The molecule has 5 nitrogen and oxygen atoms in total. The Kier molecular flexibility index (Phi) is 6.46. The smallest absolute Gasteiger partial charge is 0.331 e. The van der Waals surface area contributed by atoms with E-state index in [1.807, 2.05) is 25.1 Å². The molecule has 0 aliphatic heterocycles. The highest BCUT2D eigenvalue weighted by molar-refractivity contribution is 5.87. The first kappa shape index (κ1) is 18.4. The zero-order chi connectivity index (χ0) is 18.2. The number of hydrogen-bond acceptors (Lipinski definition) is 5. The van der Waals surface area contributed by atoms with E-state index < -0.39 is 5.97 Å². The maximum absolute atomic E-state index is 12.0. The van der Waals surface area contributed by atoms with Gasteiger partial charge in [-0.3, -0.25) is 0 Å². The van der Waals surface area contributed by atoms with Crippen LogP contribution in [0.4, 0.5) is 0 Å². The lowest BCUT2D eigenvalue weighted by atomic mass is 10.1. The summed E-state index contributed by atoms with van der Waals surface area (Å²) >= 11 is 0. The molecule has 0 aliphatic rings. The van der Waals surface area contributed by atoms with Gasteiger partial charge in [-0.1, -0.05) is 11.6 Å². The van der Waals surface area contributed by atoms with Gasteiger partial charge in [0.15, 0.2) is 0 Å². The zero-order valence-corrected chi connectivity index (χ0v) is 14.9. The predicted molar refractivity (Wildman–Crippen MR) is 96.1 cm³/mol. The van der Waals surface area contributed by atoms with E-state index in [1.165, 1.54) is 6.08 Å². The summed E-state index contributed by atoms with van der Waals surface area (Å²) in [5.74, 6) is 1.55. The highest BCUT2D eigenvalue weighted by Crippen LogP contribution is 2.23. The molecule has 0 saturated carbocycles. The van der Waals surface area contributed by atoms with E-state index in [2.05, 4.69) is 0 Å². The number of aryl methyl sites for hydroxylation is 1. The molecule has 0 unspecified atom stereocenters. The molecule has 2 aromatic carbocycles. The fourth-order valence-electron chi connectivity index (χ4n) is 2.31. The molecule has 25 heavy (non-hydrogen) atoms. The Balaban J connectivity index is 2.03. The molecule has 2 aromatic rings. The van der Waals surface area contributed by atoms with Gasteiger partial charge in [-0.15, -0.1) is 0 Å². The molecule has 0 fully saturated rings. The number of carbonyl (C=O) groups excluding carboxylic acids is 1. The van der Waals surface area contributed by atoms with Crippen LogP contribution < -0.4 is 14.2 Å².